The number of anilines is 4. The molecule has 0 atom stereocenters. The zero-order valence-electron chi connectivity index (χ0n) is 10.5. The predicted molar refractivity (Wildman–Crippen MR) is 75.3 cm³/mol. The monoisotopic (exact) mass is 299 g/mol. The lowest BCUT2D eigenvalue weighted by atomic mass is 10.3. The molecule has 0 spiro atoms. The first kappa shape index (κ1) is 14.3. The van der Waals surface area contributed by atoms with Gasteiger partial charge in [-0.15, -0.1) is 0 Å². The smallest absolute Gasteiger partial charge is 0.223 e. The Labute approximate surface area is 119 Å². The molecule has 8 heteroatoms. The number of benzene rings is 1. The summed E-state index contributed by atoms with van der Waals surface area (Å²) in [6.45, 7) is 2.53. The molecule has 0 amide bonds. The van der Waals surface area contributed by atoms with Gasteiger partial charge in [0.2, 0.25) is 5.95 Å². The van der Waals surface area contributed by atoms with E-state index in [2.05, 4.69) is 20.6 Å². The Bertz CT molecular complexity index is 612. The van der Waals surface area contributed by atoms with Crippen molar-refractivity contribution in [3.05, 3.63) is 34.9 Å². The fourth-order valence-electron chi connectivity index (χ4n) is 1.59. The fraction of sp³-hybridized carbons (Fsp3) is 0.167. The first-order valence-corrected chi connectivity index (χ1v) is 6.17. The maximum Gasteiger partial charge on any atom is 0.223 e. The normalized spacial score (nSPS) is 10.4. The summed E-state index contributed by atoms with van der Waals surface area (Å²) in [7, 11) is 0. The quantitative estimate of drug-likeness (QED) is 0.808. The summed E-state index contributed by atoms with van der Waals surface area (Å²) in [4.78, 5) is 7.87. The Kier molecular flexibility index (Phi) is 4.19. The Morgan fingerprint density at radius 1 is 1.20 bits per heavy atom. The summed E-state index contributed by atoms with van der Waals surface area (Å²) >= 11 is 5.79. The van der Waals surface area contributed by atoms with E-state index in [0.29, 0.717) is 12.4 Å². The lowest BCUT2D eigenvalue weighted by Gasteiger charge is -2.11. The van der Waals surface area contributed by atoms with E-state index in [4.69, 9.17) is 17.3 Å². The fourth-order valence-corrected chi connectivity index (χ4v) is 1.83. The maximum atomic E-state index is 13.7. The van der Waals surface area contributed by atoms with Crippen molar-refractivity contribution in [2.45, 2.75) is 6.92 Å². The number of halogens is 3. The highest BCUT2D eigenvalue weighted by Gasteiger charge is 2.11. The minimum absolute atomic E-state index is 0.0181. The molecule has 0 bridgehead atoms. The number of hydrogen-bond donors (Lipinski definition) is 3. The van der Waals surface area contributed by atoms with Gasteiger partial charge in [-0.3, -0.25) is 0 Å². The standard InChI is InChI=1S/C12H12ClF2N5/c1-2-17-9-5-10(20-12(16)19-9)18-11-7(13)3-6(14)4-8(11)15/h3-5H,2H2,1H3,(H4,16,17,18,19,20). The van der Waals surface area contributed by atoms with Gasteiger partial charge >= 0.3 is 0 Å². The molecule has 1 aromatic carbocycles. The molecular weight excluding hydrogens is 288 g/mol. The van der Waals surface area contributed by atoms with Crippen molar-refractivity contribution in [1.29, 1.82) is 0 Å². The SMILES string of the molecule is CCNc1cc(Nc2c(F)cc(F)cc2Cl)nc(N)n1. The number of aromatic nitrogens is 2. The number of hydrogen-bond acceptors (Lipinski definition) is 5. The van der Waals surface area contributed by atoms with Crippen molar-refractivity contribution >= 4 is 34.9 Å². The highest BCUT2D eigenvalue weighted by atomic mass is 35.5. The minimum Gasteiger partial charge on any atom is -0.370 e. The molecule has 0 saturated heterocycles. The molecule has 0 saturated carbocycles. The zero-order valence-corrected chi connectivity index (χ0v) is 11.3. The van der Waals surface area contributed by atoms with E-state index in [1.54, 1.807) is 6.07 Å². The van der Waals surface area contributed by atoms with E-state index in [1.807, 2.05) is 6.92 Å². The molecule has 0 radical (unpaired) electrons. The van der Waals surface area contributed by atoms with Crippen molar-refractivity contribution in [2.75, 3.05) is 22.9 Å². The van der Waals surface area contributed by atoms with Crippen LogP contribution >= 0.6 is 11.6 Å². The molecule has 0 aliphatic heterocycles. The van der Waals surface area contributed by atoms with Crippen LogP contribution in [0, 0.1) is 11.6 Å². The summed E-state index contributed by atoms with van der Waals surface area (Å²) in [6.07, 6.45) is 0. The average Bonchev–Trinajstić information content (AvgIpc) is 2.33. The van der Waals surface area contributed by atoms with Gasteiger partial charge in [-0.05, 0) is 13.0 Å². The van der Waals surface area contributed by atoms with Crippen LogP contribution in [0.3, 0.4) is 0 Å². The Hall–Kier alpha value is -2.15. The molecule has 1 heterocycles. The molecule has 0 fully saturated rings. The molecule has 106 valence electrons. The van der Waals surface area contributed by atoms with Crippen LogP contribution in [0.2, 0.25) is 5.02 Å². The van der Waals surface area contributed by atoms with E-state index >= 15 is 0 Å². The minimum atomic E-state index is -0.822. The molecule has 4 N–H and O–H groups in total. The van der Waals surface area contributed by atoms with Crippen molar-refractivity contribution in [1.82, 2.24) is 9.97 Å². The molecule has 5 nitrogen and oxygen atoms in total. The van der Waals surface area contributed by atoms with Gasteiger partial charge in [-0.2, -0.15) is 9.97 Å². The van der Waals surface area contributed by atoms with Gasteiger partial charge in [0.05, 0.1) is 10.7 Å². The van der Waals surface area contributed by atoms with Gasteiger partial charge in [-0.1, -0.05) is 11.6 Å². The van der Waals surface area contributed by atoms with Crippen LogP contribution in [0.15, 0.2) is 18.2 Å². The summed E-state index contributed by atoms with van der Waals surface area (Å²) in [5.74, 6) is -0.822. The number of nitrogens with two attached hydrogens (primary N) is 1. The van der Waals surface area contributed by atoms with Crippen LogP contribution in [-0.2, 0) is 0 Å². The van der Waals surface area contributed by atoms with Gasteiger partial charge in [0, 0.05) is 18.7 Å². The predicted octanol–water partition coefficient (Wildman–Crippen LogP) is 3.17. The summed E-state index contributed by atoms with van der Waals surface area (Å²) in [6, 6.07) is 3.27. The van der Waals surface area contributed by atoms with Gasteiger partial charge in [0.25, 0.3) is 0 Å². The van der Waals surface area contributed by atoms with Crippen LogP contribution in [0.5, 0.6) is 0 Å². The molecule has 2 aromatic rings. The topological polar surface area (TPSA) is 75.9 Å². The number of nitrogens with zero attached hydrogens (tertiary/aromatic N) is 2. The average molecular weight is 300 g/mol. The molecule has 1 aromatic heterocycles. The summed E-state index contributed by atoms with van der Waals surface area (Å²) in [5.41, 5.74) is 5.48. The Morgan fingerprint density at radius 2 is 1.90 bits per heavy atom. The van der Waals surface area contributed by atoms with E-state index in [0.717, 1.165) is 12.1 Å². The Morgan fingerprint density at radius 3 is 2.55 bits per heavy atom. The lowest BCUT2D eigenvalue weighted by molar-refractivity contribution is 0.586. The first-order chi connectivity index (χ1) is 9.49. The van der Waals surface area contributed by atoms with E-state index in [9.17, 15) is 8.78 Å². The maximum absolute atomic E-state index is 13.7. The second kappa shape index (κ2) is 5.87. The number of nitrogen functional groups attached to an aromatic ring is 1. The van der Waals surface area contributed by atoms with Crippen molar-refractivity contribution < 1.29 is 8.78 Å². The van der Waals surface area contributed by atoms with Crippen molar-refractivity contribution in [2.24, 2.45) is 0 Å². The second-order valence-corrected chi connectivity index (χ2v) is 4.30. The highest BCUT2D eigenvalue weighted by molar-refractivity contribution is 6.33. The van der Waals surface area contributed by atoms with Gasteiger partial charge in [0.15, 0.2) is 5.82 Å². The van der Waals surface area contributed by atoms with Gasteiger partial charge < -0.3 is 16.4 Å². The lowest BCUT2D eigenvalue weighted by Crippen LogP contribution is -2.06. The van der Waals surface area contributed by atoms with Crippen LogP contribution in [0.4, 0.5) is 32.1 Å². The second-order valence-electron chi connectivity index (χ2n) is 3.90. The molecule has 0 unspecified atom stereocenters. The molecule has 2 rings (SSSR count). The van der Waals surface area contributed by atoms with Crippen LogP contribution in [0.1, 0.15) is 6.92 Å². The molecule has 20 heavy (non-hydrogen) atoms. The summed E-state index contributed by atoms with van der Waals surface area (Å²) < 4.78 is 26.6. The Balaban J connectivity index is 2.35. The number of nitrogens with one attached hydrogen (secondary N) is 2. The van der Waals surface area contributed by atoms with E-state index in [-0.39, 0.29) is 22.5 Å². The third kappa shape index (κ3) is 3.24. The molecule has 0 aliphatic carbocycles. The van der Waals surface area contributed by atoms with Crippen molar-refractivity contribution in [3.63, 3.8) is 0 Å². The first-order valence-electron chi connectivity index (χ1n) is 5.79. The molecule has 0 aliphatic rings. The number of rotatable bonds is 4. The van der Waals surface area contributed by atoms with E-state index < -0.39 is 11.6 Å². The van der Waals surface area contributed by atoms with E-state index in [1.165, 1.54) is 0 Å². The molecular formula is C12H12ClF2N5. The highest BCUT2D eigenvalue weighted by Crippen LogP contribution is 2.29. The van der Waals surface area contributed by atoms with Gasteiger partial charge in [-0.25, -0.2) is 8.78 Å². The third-order valence-corrected chi connectivity index (χ3v) is 2.66. The summed E-state index contributed by atoms with van der Waals surface area (Å²) in [5, 5.41) is 5.52. The van der Waals surface area contributed by atoms with Crippen LogP contribution in [-0.4, -0.2) is 16.5 Å². The largest absolute Gasteiger partial charge is 0.370 e. The van der Waals surface area contributed by atoms with Crippen LogP contribution in [0.25, 0.3) is 0 Å². The van der Waals surface area contributed by atoms with Gasteiger partial charge in [0.1, 0.15) is 17.5 Å². The third-order valence-electron chi connectivity index (χ3n) is 2.36. The van der Waals surface area contributed by atoms with Crippen molar-refractivity contribution in [3.8, 4) is 0 Å². The van der Waals surface area contributed by atoms with Crippen LogP contribution < -0.4 is 16.4 Å². The zero-order chi connectivity index (χ0) is 14.7.